The molecule has 1 N–H and O–H groups in total. The molecule has 3 fully saturated rings. The van der Waals surface area contributed by atoms with E-state index in [1.807, 2.05) is 13.8 Å². The zero-order valence-corrected chi connectivity index (χ0v) is 27.1. The van der Waals surface area contributed by atoms with Gasteiger partial charge in [0.15, 0.2) is 5.13 Å². The van der Waals surface area contributed by atoms with Crippen LogP contribution in [0.5, 0.6) is 11.5 Å². The fourth-order valence-electron chi connectivity index (χ4n) is 7.04. The molecule has 3 aliphatic rings. The largest absolute Gasteiger partial charge is 0.573 e. The average Bonchev–Trinajstić information content (AvgIpc) is 3.58. The monoisotopic (exact) mass is 671 g/mol. The number of para-hydroxylation sites is 1. The smallest absolute Gasteiger partial charge is 0.489 e. The number of hydrogen-bond donors (Lipinski definition) is 1. The van der Waals surface area contributed by atoms with Crippen LogP contribution in [-0.4, -0.2) is 47.8 Å². The number of benzene rings is 2. The first-order valence-corrected chi connectivity index (χ1v) is 16.8. The molecule has 3 aliphatic carbocycles. The van der Waals surface area contributed by atoms with E-state index in [9.17, 15) is 18.0 Å². The number of nitrogens with one attached hydrogen (secondary N) is 1. The van der Waals surface area contributed by atoms with Crippen molar-refractivity contribution < 1.29 is 41.4 Å². The van der Waals surface area contributed by atoms with Crippen molar-refractivity contribution >= 4 is 32.7 Å². The number of carbonyl (C=O) groups excluding carboxylic acids is 1. The van der Waals surface area contributed by atoms with E-state index in [0.29, 0.717) is 45.7 Å². The summed E-state index contributed by atoms with van der Waals surface area (Å²) >= 11 is 1.49. The molecule has 2 bridgehead atoms. The van der Waals surface area contributed by atoms with Crippen molar-refractivity contribution in [1.29, 1.82) is 0 Å². The van der Waals surface area contributed by atoms with E-state index >= 15 is 0 Å². The number of esters is 1. The predicted octanol–water partition coefficient (Wildman–Crippen LogP) is 8.49. The van der Waals surface area contributed by atoms with Gasteiger partial charge in [-0.1, -0.05) is 28.6 Å². The highest BCUT2D eigenvalue weighted by atomic mass is 32.1. The highest BCUT2D eigenvalue weighted by Crippen LogP contribution is 2.48. The molecule has 0 radical (unpaired) electrons. The van der Waals surface area contributed by atoms with Gasteiger partial charge in [-0.2, -0.15) is 0 Å². The van der Waals surface area contributed by atoms with Crippen molar-refractivity contribution in [3.8, 4) is 22.8 Å². The highest BCUT2D eigenvalue weighted by molar-refractivity contribution is 7.22. The number of methoxy groups -OCH3 is 1. The lowest BCUT2D eigenvalue weighted by Gasteiger charge is -2.35. The summed E-state index contributed by atoms with van der Waals surface area (Å²) in [5, 5.41) is 8.69. The molecule has 9 nitrogen and oxygen atoms in total. The highest BCUT2D eigenvalue weighted by Gasteiger charge is 2.44. The van der Waals surface area contributed by atoms with Crippen LogP contribution in [0.3, 0.4) is 0 Å². The van der Waals surface area contributed by atoms with E-state index in [1.165, 1.54) is 30.6 Å². The molecule has 250 valence electrons. The van der Waals surface area contributed by atoms with Crippen LogP contribution in [0.4, 0.5) is 18.3 Å². The minimum Gasteiger partial charge on any atom is -0.489 e. The van der Waals surface area contributed by atoms with E-state index in [1.54, 1.807) is 24.3 Å². The van der Waals surface area contributed by atoms with Gasteiger partial charge in [-0.05, 0) is 88.5 Å². The molecular weight excluding hydrogens is 635 g/mol. The zero-order chi connectivity index (χ0) is 32.9. The van der Waals surface area contributed by atoms with Gasteiger partial charge < -0.3 is 28.8 Å². The summed E-state index contributed by atoms with van der Waals surface area (Å²) in [6.45, 7) is 4.06. The quantitative estimate of drug-likeness (QED) is 0.157. The zero-order valence-electron chi connectivity index (χ0n) is 26.3. The first-order chi connectivity index (χ1) is 22.6. The Hall–Kier alpha value is -3.84. The Balaban J connectivity index is 1.06. The lowest BCUT2D eigenvalue weighted by atomic mass is 9.82. The number of nitrogens with zero attached hydrogens (tertiary/aromatic N) is 2. The number of alkyl halides is 3. The minimum absolute atomic E-state index is 0.00829. The molecule has 0 amide bonds. The van der Waals surface area contributed by atoms with Gasteiger partial charge >= 0.3 is 12.3 Å². The van der Waals surface area contributed by atoms with Gasteiger partial charge in [0.2, 0.25) is 0 Å². The van der Waals surface area contributed by atoms with Crippen molar-refractivity contribution in [1.82, 2.24) is 10.1 Å². The number of ether oxygens (including phenoxy) is 4. The number of rotatable bonds is 11. The second kappa shape index (κ2) is 12.6. The first-order valence-electron chi connectivity index (χ1n) is 16.0. The summed E-state index contributed by atoms with van der Waals surface area (Å²) in [6.07, 6.45) is 0.793. The topological polar surface area (TPSA) is 105 Å². The van der Waals surface area contributed by atoms with Crippen LogP contribution in [0, 0.1) is 11.8 Å². The number of aromatic nitrogens is 2. The second-order valence-corrected chi connectivity index (χ2v) is 13.9. The molecule has 2 aromatic carbocycles. The van der Waals surface area contributed by atoms with E-state index in [-0.39, 0.29) is 42.1 Å². The number of hydrogen-bond acceptors (Lipinski definition) is 10. The minimum atomic E-state index is -4.83. The van der Waals surface area contributed by atoms with E-state index in [4.69, 9.17) is 23.7 Å². The van der Waals surface area contributed by atoms with Gasteiger partial charge in [0.1, 0.15) is 28.5 Å². The third kappa shape index (κ3) is 6.78. The molecule has 4 atom stereocenters. The molecule has 0 unspecified atom stereocenters. The lowest BCUT2D eigenvalue weighted by Crippen LogP contribution is -2.39. The van der Waals surface area contributed by atoms with Crippen LogP contribution in [0.1, 0.15) is 80.0 Å². The number of anilines is 1. The molecule has 0 saturated heterocycles. The Morgan fingerprint density at radius 2 is 1.83 bits per heavy atom. The molecule has 2 heterocycles. The van der Waals surface area contributed by atoms with Crippen molar-refractivity contribution in [2.75, 3.05) is 12.4 Å². The van der Waals surface area contributed by atoms with Crippen LogP contribution in [-0.2, 0) is 16.1 Å². The third-order valence-electron chi connectivity index (χ3n) is 9.19. The Kier molecular flexibility index (Phi) is 8.54. The maximum Gasteiger partial charge on any atom is 0.573 e. The fraction of sp³-hybridized carbons (Fsp3) is 0.500. The molecule has 4 aromatic rings. The summed E-state index contributed by atoms with van der Waals surface area (Å²) in [6, 6.07) is 9.70. The number of halogens is 3. The Morgan fingerprint density at radius 1 is 1.09 bits per heavy atom. The second-order valence-electron chi connectivity index (χ2n) is 12.9. The van der Waals surface area contributed by atoms with E-state index < -0.39 is 12.3 Å². The van der Waals surface area contributed by atoms with Crippen molar-refractivity contribution in [2.24, 2.45) is 11.8 Å². The standard InChI is InChI=1S/C34H36F3N3O6S/c1-17(2)44-26-14-21(32(41)42-3)15-27-30(26)39-33(47-27)38-28-19-10-11-20(28)13-22(12-19)43-16-24-29(40-46-31(24)18-8-9-18)23-6-4-5-7-25(23)45-34(35,36)37/h4-7,14-15,17-20,22,28H,8-13,16H2,1-3H3,(H,38,39)/t19-,20+,22+,28-. The third-order valence-corrected chi connectivity index (χ3v) is 10.1. The maximum atomic E-state index is 13.2. The summed E-state index contributed by atoms with van der Waals surface area (Å²) < 4.78 is 67.8. The fourth-order valence-corrected chi connectivity index (χ4v) is 8.01. The van der Waals surface area contributed by atoms with Crippen LogP contribution < -0.4 is 14.8 Å². The van der Waals surface area contributed by atoms with Crippen LogP contribution in [0.25, 0.3) is 21.5 Å². The Bertz CT molecular complexity index is 1750. The molecule has 0 spiro atoms. The molecule has 3 saturated carbocycles. The molecule has 13 heteroatoms. The number of thiazole rings is 1. The van der Waals surface area contributed by atoms with Crippen molar-refractivity contribution in [2.45, 2.75) is 89.5 Å². The van der Waals surface area contributed by atoms with E-state index in [2.05, 4.69) is 15.2 Å². The van der Waals surface area contributed by atoms with Gasteiger partial charge in [0.25, 0.3) is 0 Å². The SMILES string of the molecule is COC(=O)c1cc(OC(C)C)c2nc(N[C@@H]3[C@@H]4CC[C@H]3C[C@@H](OCc3c(-c5ccccc5OC(F)(F)F)noc3C3CC3)C4)sc2c1. The van der Waals surface area contributed by atoms with Gasteiger partial charge in [0, 0.05) is 23.1 Å². The van der Waals surface area contributed by atoms with Crippen LogP contribution >= 0.6 is 11.3 Å². The normalized spacial score (nSPS) is 22.5. The van der Waals surface area contributed by atoms with Gasteiger partial charge in [-0.25, -0.2) is 9.78 Å². The maximum absolute atomic E-state index is 13.2. The molecule has 47 heavy (non-hydrogen) atoms. The first kappa shape index (κ1) is 31.7. The van der Waals surface area contributed by atoms with Crippen LogP contribution in [0.2, 0.25) is 0 Å². The number of carbonyl (C=O) groups is 1. The van der Waals surface area contributed by atoms with E-state index in [0.717, 1.165) is 48.4 Å². The predicted molar refractivity (Wildman–Crippen MR) is 169 cm³/mol. The average molecular weight is 672 g/mol. The van der Waals surface area contributed by atoms with Crippen molar-refractivity contribution in [3.63, 3.8) is 0 Å². The summed E-state index contributed by atoms with van der Waals surface area (Å²) in [5.41, 5.74) is 2.38. The molecule has 2 aromatic heterocycles. The Labute approximate surface area is 273 Å². The molecule has 7 rings (SSSR count). The summed E-state index contributed by atoms with van der Waals surface area (Å²) in [4.78, 5) is 17.2. The number of fused-ring (bicyclic) bond motifs is 3. The van der Waals surface area contributed by atoms with Gasteiger partial charge in [-0.3, -0.25) is 0 Å². The lowest BCUT2D eigenvalue weighted by molar-refractivity contribution is -0.274. The van der Waals surface area contributed by atoms with Crippen molar-refractivity contribution in [3.05, 3.63) is 53.3 Å². The van der Waals surface area contributed by atoms with Gasteiger partial charge in [0.05, 0.1) is 36.2 Å². The Morgan fingerprint density at radius 3 is 2.51 bits per heavy atom. The molecule has 0 aliphatic heterocycles. The summed E-state index contributed by atoms with van der Waals surface area (Å²) in [5.74, 6) is 1.43. The molecular formula is C34H36F3N3O6S. The van der Waals surface area contributed by atoms with Crippen LogP contribution in [0.15, 0.2) is 40.9 Å². The summed E-state index contributed by atoms with van der Waals surface area (Å²) in [7, 11) is 1.36. The van der Waals surface area contributed by atoms with Gasteiger partial charge in [-0.15, -0.1) is 13.2 Å².